The number of hydrogen-bond donors (Lipinski definition) is 1. The van der Waals surface area contributed by atoms with Gasteiger partial charge in [0.15, 0.2) is 0 Å². The van der Waals surface area contributed by atoms with Crippen LogP contribution >= 0.6 is 0 Å². The lowest BCUT2D eigenvalue weighted by Crippen LogP contribution is -2.58. The molecule has 0 aromatic rings. The van der Waals surface area contributed by atoms with Crippen molar-refractivity contribution >= 4 is 0 Å². The Labute approximate surface area is 101 Å². The lowest BCUT2D eigenvalue weighted by Gasteiger charge is -2.41. The second-order valence-electron chi connectivity index (χ2n) is 5.08. The molecule has 1 saturated heterocycles. The van der Waals surface area contributed by atoms with Crippen LogP contribution in [0, 0.1) is 0 Å². The van der Waals surface area contributed by atoms with Crippen LogP contribution in [0.2, 0.25) is 0 Å². The Morgan fingerprint density at radius 3 is 2.81 bits per heavy atom. The van der Waals surface area contributed by atoms with Crippen LogP contribution in [0.25, 0.3) is 0 Å². The Kier molecular flexibility index (Phi) is 6.32. The fraction of sp³-hybridized carbons (Fsp3) is 1.00. The molecule has 1 heterocycles. The van der Waals surface area contributed by atoms with Gasteiger partial charge in [-0.1, -0.05) is 13.8 Å². The van der Waals surface area contributed by atoms with Crippen molar-refractivity contribution < 1.29 is 4.74 Å². The Morgan fingerprint density at radius 2 is 2.12 bits per heavy atom. The van der Waals surface area contributed by atoms with E-state index in [-0.39, 0.29) is 0 Å². The average molecular weight is 228 g/mol. The van der Waals surface area contributed by atoms with E-state index < -0.39 is 0 Å². The molecule has 1 fully saturated rings. The van der Waals surface area contributed by atoms with Crippen LogP contribution in [-0.2, 0) is 4.74 Å². The highest BCUT2D eigenvalue weighted by atomic mass is 16.5. The van der Waals surface area contributed by atoms with E-state index in [1.54, 1.807) is 0 Å². The minimum absolute atomic E-state index is 0.322. The van der Waals surface area contributed by atoms with E-state index in [0.29, 0.717) is 5.54 Å². The maximum absolute atomic E-state index is 5.51. The lowest BCUT2D eigenvalue weighted by molar-refractivity contribution is 0.100. The van der Waals surface area contributed by atoms with E-state index in [9.17, 15) is 0 Å². The molecule has 0 aromatic carbocycles. The molecule has 3 nitrogen and oxygen atoms in total. The molecule has 0 amide bonds. The zero-order valence-electron chi connectivity index (χ0n) is 11.2. The Morgan fingerprint density at radius 1 is 1.31 bits per heavy atom. The fourth-order valence-corrected chi connectivity index (χ4v) is 2.21. The van der Waals surface area contributed by atoms with Crippen LogP contribution in [0.3, 0.4) is 0 Å². The van der Waals surface area contributed by atoms with Crippen molar-refractivity contribution in [1.29, 1.82) is 0 Å². The summed E-state index contributed by atoms with van der Waals surface area (Å²) >= 11 is 0. The maximum atomic E-state index is 5.51. The number of rotatable bonds is 7. The second-order valence-corrected chi connectivity index (χ2v) is 5.08. The molecule has 0 saturated carbocycles. The first kappa shape index (κ1) is 13.9. The van der Waals surface area contributed by atoms with Crippen molar-refractivity contribution in [3.8, 4) is 0 Å². The third kappa shape index (κ3) is 4.81. The topological polar surface area (TPSA) is 24.5 Å². The van der Waals surface area contributed by atoms with Gasteiger partial charge in [-0.15, -0.1) is 0 Å². The molecular weight excluding hydrogens is 200 g/mol. The fourth-order valence-electron chi connectivity index (χ4n) is 2.21. The number of ether oxygens (including phenoxy) is 1. The van der Waals surface area contributed by atoms with Crippen molar-refractivity contribution in [2.75, 3.05) is 39.4 Å². The molecule has 1 atom stereocenters. The van der Waals surface area contributed by atoms with E-state index in [1.807, 2.05) is 0 Å². The highest BCUT2D eigenvalue weighted by Crippen LogP contribution is 2.15. The van der Waals surface area contributed by atoms with Gasteiger partial charge < -0.3 is 15.0 Å². The van der Waals surface area contributed by atoms with Crippen LogP contribution in [-0.4, -0.2) is 49.8 Å². The Hall–Kier alpha value is -0.120. The van der Waals surface area contributed by atoms with E-state index in [1.165, 1.54) is 32.5 Å². The van der Waals surface area contributed by atoms with Crippen LogP contribution in [0.15, 0.2) is 0 Å². The molecule has 1 aliphatic heterocycles. The van der Waals surface area contributed by atoms with Gasteiger partial charge in [0.1, 0.15) is 0 Å². The van der Waals surface area contributed by atoms with Crippen molar-refractivity contribution in [3.63, 3.8) is 0 Å². The molecule has 0 aromatic heterocycles. The molecule has 1 rings (SSSR count). The van der Waals surface area contributed by atoms with Crippen molar-refractivity contribution in [2.24, 2.45) is 0 Å². The van der Waals surface area contributed by atoms with Crippen molar-refractivity contribution in [3.05, 3.63) is 0 Å². The SMILES string of the molecule is CCCOCCCN1CCNC(C)(CC)C1. The Bertz CT molecular complexity index is 187. The molecule has 0 aliphatic carbocycles. The molecule has 96 valence electrons. The third-order valence-corrected chi connectivity index (χ3v) is 3.44. The van der Waals surface area contributed by atoms with E-state index >= 15 is 0 Å². The predicted molar refractivity (Wildman–Crippen MR) is 68.9 cm³/mol. The van der Waals surface area contributed by atoms with Gasteiger partial charge in [0, 0.05) is 44.9 Å². The molecule has 0 radical (unpaired) electrons. The monoisotopic (exact) mass is 228 g/mol. The average Bonchev–Trinajstić information content (AvgIpc) is 2.29. The molecule has 16 heavy (non-hydrogen) atoms. The van der Waals surface area contributed by atoms with Crippen LogP contribution < -0.4 is 5.32 Å². The van der Waals surface area contributed by atoms with Gasteiger partial charge in [0.2, 0.25) is 0 Å². The molecule has 0 spiro atoms. The first-order valence-electron chi connectivity index (χ1n) is 6.75. The summed E-state index contributed by atoms with van der Waals surface area (Å²) in [5, 5.41) is 3.61. The minimum Gasteiger partial charge on any atom is -0.381 e. The quantitative estimate of drug-likeness (QED) is 0.673. The number of nitrogens with zero attached hydrogens (tertiary/aromatic N) is 1. The smallest absolute Gasteiger partial charge is 0.0478 e. The Balaban J connectivity index is 2.12. The van der Waals surface area contributed by atoms with Gasteiger partial charge >= 0.3 is 0 Å². The van der Waals surface area contributed by atoms with E-state index in [0.717, 1.165) is 26.2 Å². The van der Waals surface area contributed by atoms with E-state index in [2.05, 4.69) is 31.0 Å². The third-order valence-electron chi connectivity index (χ3n) is 3.44. The summed E-state index contributed by atoms with van der Waals surface area (Å²) in [5.41, 5.74) is 0.322. The van der Waals surface area contributed by atoms with Gasteiger partial charge in [0.05, 0.1) is 0 Å². The number of hydrogen-bond acceptors (Lipinski definition) is 3. The number of nitrogens with one attached hydrogen (secondary N) is 1. The van der Waals surface area contributed by atoms with Crippen molar-refractivity contribution in [2.45, 2.75) is 45.6 Å². The van der Waals surface area contributed by atoms with Gasteiger partial charge in [0.25, 0.3) is 0 Å². The summed E-state index contributed by atoms with van der Waals surface area (Å²) in [5.74, 6) is 0. The molecule has 1 N–H and O–H groups in total. The van der Waals surface area contributed by atoms with Gasteiger partial charge in [-0.25, -0.2) is 0 Å². The van der Waals surface area contributed by atoms with Crippen LogP contribution in [0.1, 0.15) is 40.0 Å². The summed E-state index contributed by atoms with van der Waals surface area (Å²) in [4.78, 5) is 2.56. The number of piperazine rings is 1. The summed E-state index contributed by atoms with van der Waals surface area (Å²) in [6, 6.07) is 0. The van der Waals surface area contributed by atoms with Gasteiger partial charge in [-0.05, 0) is 26.2 Å². The molecule has 3 heteroatoms. The summed E-state index contributed by atoms with van der Waals surface area (Å²) in [6.45, 7) is 13.2. The molecular formula is C13H28N2O. The summed E-state index contributed by atoms with van der Waals surface area (Å²) in [6.07, 6.45) is 3.50. The van der Waals surface area contributed by atoms with Crippen molar-refractivity contribution in [1.82, 2.24) is 10.2 Å². The van der Waals surface area contributed by atoms with E-state index in [4.69, 9.17) is 4.74 Å². The molecule has 0 bridgehead atoms. The normalized spacial score (nSPS) is 27.2. The first-order valence-corrected chi connectivity index (χ1v) is 6.75. The van der Waals surface area contributed by atoms with Crippen LogP contribution in [0.4, 0.5) is 0 Å². The summed E-state index contributed by atoms with van der Waals surface area (Å²) < 4.78 is 5.51. The summed E-state index contributed by atoms with van der Waals surface area (Å²) in [7, 11) is 0. The zero-order chi connectivity index (χ0) is 11.9. The van der Waals surface area contributed by atoms with Crippen LogP contribution in [0.5, 0.6) is 0 Å². The molecule has 1 aliphatic rings. The van der Waals surface area contributed by atoms with Gasteiger partial charge in [-0.3, -0.25) is 0 Å². The molecule has 1 unspecified atom stereocenters. The highest BCUT2D eigenvalue weighted by molar-refractivity contribution is 4.89. The standard InChI is InChI=1S/C13H28N2O/c1-4-10-16-11-6-8-15-9-7-14-13(3,5-2)12-15/h14H,4-12H2,1-3H3. The zero-order valence-corrected chi connectivity index (χ0v) is 11.2. The maximum Gasteiger partial charge on any atom is 0.0478 e. The first-order chi connectivity index (χ1) is 7.70. The minimum atomic E-state index is 0.322. The lowest BCUT2D eigenvalue weighted by atomic mass is 9.96. The van der Waals surface area contributed by atoms with Gasteiger partial charge in [-0.2, -0.15) is 0 Å². The highest BCUT2D eigenvalue weighted by Gasteiger charge is 2.27. The largest absolute Gasteiger partial charge is 0.381 e. The second kappa shape index (κ2) is 7.25. The predicted octanol–water partition coefficient (Wildman–Crippen LogP) is 1.88.